The van der Waals surface area contributed by atoms with Crippen LogP contribution >= 0.6 is 12.6 Å². The van der Waals surface area contributed by atoms with Crippen LogP contribution in [0.25, 0.3) is 0 Å². The molecule has 1 unspecified atom stereocenters. The molecule has 2 heteroatoms. The molecule has 0 bridgehead atoms. The van der Waals surface area contributed by atoms with Gasteiger partial charge in [-0.2, -0.15) is 12.6 Å². The number of rotatable bonds is 4. The lowest BCUT2D eigenvalue weighted by Gasteiger charge is -2.43. The zero-order chi connectivity index (χ0) is 14.4. The maximum absolute atomic E-state index is 4.88. The third kappa shape index (κ3) is 5.52. The van der Waals surface area contributed by atoms with E-state index in [0.29, 0.717) is 11.3 Å². The van der Waals surface area contributed by atoms with Crippen LogP contribution in [0.15, 0.2) is 0 Å². The molecular weight excluding hydrogens is 238 g/mol. The Morgan fingerprint density at radius 1 is 1.11 bits per heavy atom. The first kappa shape index (κ1) is 18.3. The van der Waals surface area contributed by atoms with Crippen molar-refractivity contribution in [1.29, 1.82) is 0 Å². The van der Waals surface area contributed by atoms with Gasteiger partial charge in [-0.15, -0.1) is 0 Å². The Labute approximate surface area is 121 Å². The van der Waals surface area contributed by atoms with Gasteiger partial charge in [-0.1, -0.05) is 48.5 Å². The molecule has 1 N–H and O–H groups in total. The molecule has 1 atom stereocenters. The Kier molecular flexibility index (Phi) is 7.93. The van der Waals surface area contributed by atoms with Crippen molar-refractivity contribution < 1.29 is 0 Å². The maximum Gasteiger partial charge on any atom is 0.0129 e. The summed E-state index contributed by atoms with van der Waals surface area (Å²) < 4.78 is 0.161. The highest BCUT2D eigenvalue weighted by atomic mass is 32.1. The summed E-state index contributed by atoms with van der Waals surface area (Å²) in [6.07, 6.45) is 3.87. The molecule has 0 aromatic rings. The van der Waals surface area contributed by atoms with Crippen LogP contribution in [-0.4, -0.2) is 17.8 Å². The average Bonchev–Trinajstić information content (AvgIpc) is 2.31. The van der Waals surface area contributed by atoms with Gasteiger partial charge in [0, 0.05) is 4.75 Å². The van der Waals surface area contributed by atoms with Crippen molar-refractivity contribution in [3.05, 3.63) is 0 Å². The van der Waals surface area contributed by atoms with Crippen LogP contribution in [0.5, 0.6) is 0 Å². The molecule has 1 aliphatic heterocycles. The molecule has 0 aromatic heterocycles. The minimum absolute atomic E-state index is 0.161. The van der Waals surface area contributed by atoms with Crippen LogP contribution in [0.4, 0.5) is 0 Å². The second-order valence-corrected chi connectivity index (χ2v) is 7.72. The number of hydrogen-bond acceptors (Lipinski definition) is 2. The Bertz CT molecular complexity index is 215. The lowest BCUT2D eigenvalue weighted by Crippen LogP contribution is -2.40. The van der Waals surface area contributed by atoms with E-state index in [1.54, 1.807) is 0 Å². The summed E-state index contributed by atoms with van der Waals surface area (Å²) in [7, 11) is 0. The van der Waals surface area contributed by atoms with Gasteiger partial charge in [-0.05, 0) is 49.6 Å². The third-order valence-electron chi connectivity index (χ3n) is 4.50. The molecule has 110 valence electrons. The van der Waals surface area contributed by atoms with Crippen molar-refractivity contribution in [2.45, 2.75) is 72.5 Å². The zero-order valence-corrected chi connectivity index (χ0v) is 14.5. The van der Waals surface area contributed by atoms with Gasteiger partial charge in [0.2, 0.25) is 0 Å². The number of thiol groups is 1. The zero-order valence-electron chi connectivity index (χ0n) is 13.6. The molecule has 0 saturated carbocycles. The Morgan fingerprint density at radius 2 is 1.56 bits per heavy atom. The summed E-state index contributed by atoms with van der Waals surface area (Å²) in [6.45, 7) is 18.1. The van der Waals surface area contributed by atoms with Crippen molar-refractivity contribution in [3.8, 4) is 0 Å². The average molecular weight is 274 g/mol. The van der Waals surface area contributed by atoms with Gasteiger partial charge in [0.25, 0.3) is 0 Å². The molecule has 1 aliphatic rings. The van der Waals surface area contributed by atoms with E-state index in [0.717, 1.165) is 5.92 Å². The molecule has 0 amide bonds. The van der Waals surface area contributed by atoms with E-state index in [2.05, 4.69) is 39.9 Å². The Hall–Kier alpha value is 0.310. The SMILES string of the molecule is CC.CC(C)C(C)(S)CC(C)(C)C1CCNCC1. The van der Waals surface area contributed by atoms with Crippen molar-refractivity contribution in [1.82, 2.24) is 5.32 Å². The van der Waals surface area contributed by atoms with Gasteiger partial charge in [0.05, 0.1) is 0 Å². The lowest BCUT2D eigenvalue weighted by atomic mass is 9.68. The summed E-state index contributed by atoms with van der Waals surface area (Å²) in [5.74, 6) is 1.50. The molecule has 1 nitrogen and oxygen atoms in total. The molecule has 0 aliphatic carbocycles. The number of hydrogen-bond donors (Lipinski definition) is 2. The first-order valence-electron chi connectivity index (χ1n) is 7.69. The predicted molar refractivity (Wildman–Crippen MR) is 87.6 cm³/mol. The van der Waals surface area contributed by atoms with E-state index in [-0.39, 0.29) is 4.75 Å². The number of nitrogens with one attached hydrogen (secondary N) is 1. The highest BCUT2D eigenvalue weighted by molar-refractivity contribution is 7.81. The summed E-state index contributed by atoms with van der Waals surface area (Å²) >= 11 is 4.88. The van der Waals surface area contributed by atoms with Crippen LogP contribution in [0, 0.1) is 17.3 Å². The largest absolute Gasteiger partial charge is 0.317 e. The number of piperidine rings is 1. The van der Waals surface area contributed by atoms with E-state index in [4.69, 9.17) is 12.6 Å². The van der Waals surface area contributed by atoms with Crippen molar-refractivity contribution in [2.24, 2.45) is 17.3 Å². The summed E-state index contributed by atoms with van der Waals surface area (Å²) in [6, 6.07) is 0. The second-order valence-electron chi connectivity index (χ2n) is 6.70. The molecule has 0 aromatic carbocycles. The van der Waals surface area contributed by atoms with E-state index in [1.807, 2.05) is 13.8 Å². The van der Waals surface area contributed by atoms with E-state index in [1.165, 1.54) is 32.4 Å². The quantitative estimate of drug-likeness (QED) is 0.703. The minimum atomic E-state index is 0.161. The van der Waals surface area contributed by atoms with Gasteiger partial charge in [-0.25, -0.2) is 0 Å². The molecule has 0 spiro atoms. The fourth-order valence-corrected chi connectivity index (χ4v) is 3.28. The maximum atomic E-state index is 4.88. The summed E-state index contributed by atoms with van der Waals surface area (Å²) in [4.78, 5) is 0. The van der Waals surface area contributed by atoms with Gasteiger partial charge < -0.3 is 5.32 Å². The lowest BCUT2D eigenvalue weighted by molar-refractivity contribution is 0.130. The third-order valence-corrected chi connectivity index (χ3v) is 5.18. The van der Waals surface area contributed by atoms with Crippen LogP contribution < -0.4 is 5.32 Å². The Balaban J connectivity index is 0.00000137. The van der Waals surface area contributed by atoms with Crippen LogP contribution in [0.3, 0.4) is 0 Å². The minimum Gasteiger partial charge on any atom is -0.317 e. The predicted octanol–water partition coefficient (Wildman–Crippen LogP) is 4.77. The molecular formula is C16H35NS. The van der Waals surface area contributed by atoms with Crippen LogP contribution in [0.2, 0.25) is 0 Å². The molecule has 18 heavy (non-hydrogen) atoms. The highest BCUT2D eigenvalue weighted by Gasteiger charge is 2.37. The smallest absolute Gasteiger partial charge is 0.0129 e. The van der Waals surface area contributed by atoms with Crippen molar-refractivity contribution >= 4 is 12.6 Å². The molecule has 1 rings (SSSR count). The van der Waals surface area contributed by atoms with Crippen molar-refractivity contribution in [2.75, 3.05) is 13.1 Å². The monoisotopic (exact) mass is 273 g/mol. The summed E-state index contributed by atoms with van der Waals surface area (Å²) in [5.41, 5.74) is 0.420. The highest BCUT2D eigenvalue weighted by Crippen LogP contribution is 2.44. The van der Waals surface area contributed by atoms with E-state index in [9.17, 15) is 0 Å². The van der Waals surface area contributed by atoms with E-state index >= 15 is 0 Å². The normalized spacial score (nSPS) is 21.2. The summed E-state index contributed by atoms with van der Waals surface area (Å²) in [5, 5.41) is 3.45. The molecule has 1 fully saturated rings. The fourth-order valence-electron chi connectivity index (χ4n) is 2.87. The van der Waals surface area contributed by atoms with Gasteiger partial charge >= 0.3 is 0 Å². The van der Waals surface area contributed by atoms with Gasteiger partial charge in [0.15, 0.2) is 0 Å². The van der Waals surface area contributed by atoms with Gasteiger partial charge in [0.1, 0.15) is 0 Å². The van der Waals surface area contributed by atoms with Crippen LogP contribution in [-0.2, 0) is 0 Å². The van der Waals surface area contributed by atoms with Crippen LogP contribution in [0.1, 0.15) is 67.7 Å². The van der Waals surface area contributed by atoms with Crippen molar-refractivity contribution in [3.63, 3.8) is 0 Å². The van der Waals surface area contributed by atoms with E-state index < -0.39 is 0 Å². The first-order valence-corrected chi connectivity index (χ1v) is 8.13. The Morgan fingerprint density at radius 3 is 1.94 bits per heavy atom. The molecule has 0 radical (unpaired) electrons. The molecule has 1 saturated heterocycles. The first-order chi connectivity index (χ1) is 8.26. The standard InChI is InChI=1S/C14H29NS.C2H6/c1-11(2)14(5,16)10-13(3,4)12-6-8-15-9-7-12;1-2/h11-12,15-16H,6-10H2,1-5H3;1-2H3. The van der Waals surface area contributed by atoms with Gasteiger partial charge in [-0.3, -0.25) is 0 Å². The molecule has 1 heterocycles. The second kappa shape index (κ2) is 7.79. The fraction of sp³-hybridized carbons (Fsp3) is 1.00. The topological polar surface area (TPSA) is 12.0 Å².